The summed E-state index contributed by atoms with van der Waals surface area (Å²) in [6.07, 6.45) is 0.793. The van der Waals surface area contributed by atoms with E-state index in [0.717, 1.165) is 27.8 Å². The zero-order valence-corrected chi connectivity index (χ0v) is 12.2. The van der Waals surface area contributed by atoms with Crippen LogP contribution in [0.3, 0.4) is 0 Å². The van der Waals surface area contributed by atoms with Crippen LogP contribution in [-0.2, 0) is 6.42 Å². The summed E-state index contributed by atoms with van der Waals surface area (Å²) in [7, 11) is 0. The Labute approximate surface area is 120 Å². The van der Waals surface area contributed by atoms with Gasteiger partial charge in [0.1, 0.15) is 17.3 Å². The van der Waals surface area contributed by atoms with Crippen LogP contribution >= 0.6 is 15.9 Å². The lowest BCUT2D eigenvalue weighted by Crippen LogP contribution is -2.03. The van der Waals surface area contributed by atoms with E-state index in [4.69, 9.17) is 10.5 Å². The van der Waals surface area contributed by atoms with Crippen LogP contribution in [0.5, 0.6) is 11.5 Å². The van der Waals surface area contributed by atoms with Crippen molar-refractivity contribution in [3.05, 3.63) is 57.8 Å². The summed E-state index contributed by atoms with van der Waals surface area (Å²) in [5, 5.41) is 0. The SMILES string of the molecule is Cc1ccc(CCN)cc1Oc1cc(F)ccc1Br. The van der Waals surface area contributed by atoms with Crippen molar-refractivity contribution in [2.75, 3.05) is 6.54 Å². The van der Waals surface area contributed by atoms with Crippen LogP contribution in [0.1, 0.15) is 11.1 Å². The smallest absolute Gasteiger partial charge is 0.144 e. The number of hydrogen-bond acceptors (Lipinski definition) is 2. The highest BCUT2D eigenvalue weighted by molar-refractivity contribution is 9.10. The van der Waals surface area contributed by atoms with Crippen LogP contribution in [0.15, 0.2) is 40.9 Å². The number of aryl methyl sites for hydroxylation is 1. The molecule has 0 aliphatic heterocycles. The monoisotopic (exact) mass is 323 g/mol. The minimum atomic E-state index is -0.325. The van der Waals surface area contributed by atoms with Crippen LogP contribution in [0.25, 0.3) is 0 Å². The molecule has 0 spiro atoms. The van der Waals surface area contributed by atoms with Gasteiger partial charge in [0.15, 0.2) is 0 Å². The average molecular weight is 324 g/mol. The molecule has 0 fully saturated rings. The van der Waals surface area contributed by atoms with Crippen molar-refractivity contribution < 1.29 is 9.13 Å². The number of nitrogens with two attached hydrogens (primary N) is 1. The number of hydrogen-bond donors (Lipinski definition) is 1. The molecule has 0 unspecified atom stereocenters. The maximum atomic E-state index is 13.2. The van der Waals surface area contributed by atoms with Gasteiger partial charge >= 0.3 is 0 Å². The number of rotatable bonds is 4. The Kier molecular flexibility index (Phi) is 4.56. The topological polar surface area (TPSA) is 35.2 Å². The minimum absolute atomic E-state index is 0.325. The summed E-state index contributed by atoms with van der Waals surface area (Å²) < 4.78 is 19.7. The summed E-state index contributed by atoms with van der Waals surface area (Å²) in [4.78, 5) is 0. The molecule has 0 aromatic heterocycles. The van der Waals surface area contributed by atoms with Gasteiger partial charge in [-0.2, -0.15) is 0 Å². The predicted octanol–water partition coefficient (Wildman–Crippen LogP) is 4.19. The van der Waals surface area contributed by atoms with Gasteiger partial charge < -0.3 is 10.5 Å². The molecule has 2 aromatic carbocycles. The van der Waals surface area contributed by atoms with E-state index in [9.17, 15) is 4.39 Å². The highest BCUT2D eigenvalue weighted by atomic mass is 79.9. The predicted molar refractivity (Wildman–Crippen MR) is 78.1 cm³/mol. The van der Waals surface area contributed by atoms with Gasteiger partial charge in [0, 0.05) is 6.07 Å². The highest BCUT2D eigenvalue weighted by Crippen LogP contribution is 2.32. The van der Waals surface area contributed by atoms with Gasteiger partial charge in [-0.1, -0.05) is 12.1 Å². The Morgan fingerprint density at radius 2 is 1.95 bits per heavy atom. The molecular formula is C15H15BrFNO. The third-order valence-corrected chi connectivity index (χ3v) is 3.45. The minimum Gasteiger partial charge on any atom is -0.456 e. The molecule has 100 valence electrons. The van der Waals surface area contributed by atoms with Crippen LogP contribution in [0, 0.1) is 12.7 Å². The fraction of sp³-hybridized carbons (Fsp3) is 0.200. The maximum absolute atomic E-state index is 13.2. The molecule has 0 heterocycles. The molecule has 0 radical (unpaired) electrons. The van der Waals surface area contributed by atoms with Crippen molar-refractivity contribution in [2.45, 2.75) is 13.3 Å². The van der Waals surface area contributed by atoms with Crippen molar-refractivity contribution in [3.63, 3.8) is 0 Å². The molecular weight excluding hydrogens is 309 g/mol. The van der Waals surface area contributed by atoms with Crippen molar-refractivity contribution in [3.8, 4) is 11.5 Å². The Bertz CT molecular complexity index is 586. The van der Waals surface area contributed by atoms with E-state index in [0.29, 0.717) is 12.3 Å². The van der Waals surface area contributed by atoms with Gasteiger partial charge in [-0.25, -0.2) is 4.39 Å². The molecule has 0 saturated heterocycles. The summed E-state index contributed by atoms with van der Waals surface area (Å²) >= 11 is 3.35. The summed E-state index contributed by atoms with van der Waals surface area (Å²) in [5.74, 6) is 0.860. The molecule has 2 rings (SSSR count). The first-order valence-corrected chi connectivity index (χ1v) is 6.82. The normalized spacial score (nSPS) is 10.5. The van der Waals surface area contributed by atoms with Crippen LogP contribution in [0.4, 0.5) is 4.39 Å². The van der Waals surface area contributed by atoms with E-state index in [1.54, 1.807) is 6.07 Å². The van der Waals surface area contributed by atoms with E-state index in [1.807, 2.05) is 25.1 Å². The molecule has 0 aliphatic rings. The quantitative estimate of drug-likeness (QED) is 0.915. The van der Waals surface area contributed by atoms with Crippen molar-refractivity contribution in [1.29, 1.82) is 0 Å². The molecule has 2 aromatic rings. The summed E-state index contributed by atoms with van der Waals surface area (Å²) in [6.45, 7) is 2.54. The molecule has 2 nitrogen and oxygen atoms in total. The largest absolute Gasteiger partial charge is 0.456 e. The second-order valence-corrected chi connectivity index (χ2v) is 5.17. The van der Waals surface area contributed by atoms with Gasteiger partial charge in [-0.05, 0) is 65.1 Å². The van der Waals surface area contributed by atoms with E-state index in [-0.39, 0.29) is 5.82 Å². The first-order chi connectivity index (χ1) is 9.10. The van der Waals surface area contributed by atoms with E-state index < -0.39 is 0 Å². The Balaban J connectivity index is 2.31. The van der Waals surface area contributed by atoms with Gasteiger partial charge in [0.25, 0.3) is 0 Å². The first-order valence-electron chi connectivity index (χ1n) is 6.02. The second kappa shape index (κ2) is 6.17. The number of ether oxygens (including phenoxy) is 1. The van der Waals surface area contributed by atoms with Crippen molar-refractivity contribution in [1.82, 2.24) is 0 Å². The Morgan fingerprint density at radius 3 is 2.68 bits per heavy atom. The van der Waals surface area contributed by atoms with E-state index in [2.05, 4.69) is 15.9 Å². The number of halogens is 2. The van der Waals surface area contributed by atoms with Gasteiger partial charge in [-0.15, -0.1) is 0 Å². The summed E-state index contributed by atoms with van der Waals surface area (Å²) in [5.41, 5.74) is 7.65. The van der Waals surface area contributed by atoms with Crippen molar-refractivity contribution in [2.24, 2.45) is 5.73 Å². The number of benzene rings is 2. The fourth-order valence-corrected chi connectivity index (χ4v) is 2.08. The van der Waals surface area contributed by atoms with Crippen LogP contribution in [0.2, 0.25) is 0 Å². The maximum Gasteiger partial charge on any atom is 0.144 e. The zero-order valence-electron chi connectivity index (χ0n) is 10.6. The average Bonchev–Trinajstić information content (AvgIpc) is 2.38. The lowest BCUT2D eigenvalue weighted by Gasteiger charge is -2.12. The standard InChI is InChI=1S/C15H15BrFNO/c1-10-2-3-11(6-7-18)8-14(10)19-15-9-12(17)4-5-13(15)16/h2-5,8-9H,6-7,18H2,1H3. The van der Waals surface area contributed by atoms with E-state index >= 15 is 0 Å². The summed E-state index contributed by atoms with van der Waals surface area (Å²) in [6, 6.07) is 10.3. The Hall–Kier alpha value is -1.39. The van der Waals surface area contributed by atoms with Crippen LogP contribution < -0.4 is 10.5 Å². The van der Waals surface area contributed by atoms with Gasteiger partial charge in [0.05, 0.1) is 4.47 Å². The lowest BCUT2D eigenvalue weighted by atomic mass is 10.1. The molecule has 19 heavy (non-hydrogen) atoms. The molecule has 4 heteroatoms. The second-order valence-electron chi connectivity index (χ2n) is 4.32. The first kappa shape index (κ1) is 14.0. The molecule has 0 amide bonds. The van der Waals surface area contributed by atoms with E-state index in [1.165, 1.54) is 12.1 Å². The molecule has 0 aliphatic carbocycles. The third kappa shape index (κ3) is 3.55. The Morgan fingerprint density at radius 1 is 1.16 bits per heavy atom. The molecule has 0 bridgehead atoms. The van der Waals surface area contributed by atoms with Gasteiger partial charge in [0.2, 0.25) is 0 Å². The molecule has 2 N–H and O–H groups in total. The molecule has 0 atom stereocenters. The zero-order chi connectivity index (χ0) is 13.8. The molecule has 0 saturated carbocycles. The van der Waals surface area contributed by atoms with Gasteiger partial charge in [-0.3, -0.25) is 0 Å². The van der Waals surface area contributed by atoms with Crippen molar-refractivity contribution >= 4 is 15.9 Å². The highest BCUT2D eigenvalue weighted by Gasteiger charge is 2.07. The van der Waals surface area contributed by atoms with Crippen LogP contribution in [-0.4, -0.2) is 6.54 Å². The fourth-order valence-electron chi connectivity index (χ4n) is 1.75. The lowest BCUT2D eigenvalue weighted by molar-refractivity contribution is 0.469. The third-order valence-electron chi connectivity index (χ3n) is 2.80.